The van der Waals surface area contributed by atoms with Gasteiger partial charge in [-0.3, -0.25) is 4.79 Å². The Morgan fingerprint density at radius 2 is 1.88 bits per heavy atom. The third-order valence-corrected chi connectivity index (χ3v) is 7.83. The highest BCUT2D eigenvalue weighted by Crippen LogP contribution is 2.40. The lowest BCUT2D eigenvalue weighted by molar-refractivity contribution is -0.137. The van der Waals surface area contributed by atoms with Gasteiger partial charge >= 0.3 is 6.18 Å². The quantitative estimate of drug-likeness (QED) is 0.275. The number of alkyl halides is 3. The van der Waals surface area contributed by atoms with Crippen molar-refractivity contribution >= 4 is 57.6 Å². The normalized spacial score (nSPS) is 11.5. The molecule has 4 rings (SSSR count). The molecule has 2 aromatic heterocycles. The number of aromatic nitrogens is 1. The summed E-state index contributed by atoms with van der Waals surface area (Å²) in [6.07, 6.45) is -2.58. The van der Waals surface area contributed by atoms with Crippen molar-refractivity contribution in [2.45, 2.75) is 10.4 Å². The molecule has 0 radical (unpaired) electrons. The van der Waals surface area contributed by atoms with Crippen LogP contribution in [0.1, 0.15) is 15.2 Å². The van der Waals surface area contributed by atoms with Crippen molar-refractivity contribution in [1.82, 2.24) is 4.98 Å². The van der Waals surface area contributed by atoms with Gasteiger partial charge in [0.2, 0.25) is 0 Å². The lowest BCUT2D eigenvalue weighted by Gasteiger charge is -2.09. The molecule has 0 spiro atoms. The summed E-state index contributed by atoms with van der Waals surface area (Å²) in [5, 5.41) is 5.89. The van der Waals surface area contributed by atoms with E-state index in [4.69, 9.17) is 16.6 Å². The smallest absolute Gasteiger partial charge is 0.321 e. The maximum atomic E-state index is 12.9. The number of halogens is 4. The van der Waals surface area contributed by atoms with Crippen LogP contribution in [0.2, 0.25) is 5.02 Å². The molecule has 1 amide bonds. The van der Waals surface area contributed by atoms with Crippen molar-refractivity contribution in [2.75, 3.05) is 11.6 Å². The molecular weight excluding hydrogens is 497 g/mol. The second-order valence-electron chi connectivity index (χ2n) is 6.59. The van der Waals surface area contributed by atoms with Gasteiger partial charge in [-0.2, -0.15) is 13.2 Å². The van der Waals surface area contributed by atoms with Crippen LogP contribution in [-0.2, 0) is 6.18 Å². The highest BCUT2D eigenvalue weighted by atomic mass is 35.5. The number of hydrogen-bond donors (Lipinski definition) is 1. The number of thiophene rings is 1. The molecular formula is C22H14ClF3N2OS3. The van der Waals surface area contributed by atoms with E-state index in [-0.39, 0.29) is 5.69 Å². The van der Waals surface area contributed by atoms with Crippen LogP contribution in [0.5, 0.6) is 0 Å². The number of amides is 1. The molecule has 2 aromatic carbocycles. The van der Waals surface area contributed by atoms with Gasteiger partial charge in [0, 0.05) is 27.2 Å². The number of benzene rings is 2. The molecule has 10 heteroatoms. The molecule has 0 aliphatic carbocycles. The van der Waals surface area contributed by atoms with Crippen molar-refractivity contribution in [3.63, 3.8) is 0 Å². The highest BCUT2D eigenvalue weighted by Gasteiger charge is 2.30. The Kier molecular flexibility index (Phi) is 6.62. The molecule has 4 aromatic rings. The topological polar surface area (TPSA) is 42.0 Å². The van der Waals surface area contributed by atoms with Gasteiger partial charge in [-0.1, -0.05) is 29.8 Å². The molecule has 164 valence electrons. The van der Waals surface area contributed by atoms with Crippen LogP contribution in [0.3, 0.4) is 0 Å². The minimum Gasteiger partial charge on any atom is -0.321 e. The number of thiazole rings is 1. The Hall–Kier alpha value is -2.33. The molecule has 3 nitrogen and oxygen atoms in total. The van der Waals surface area contributed by atoms with Crippen molar-refractivity contribution in [3.8, 4) is 21.8 Å². The lowest BCUT2D eigenvalue weighted by Crippen LogP contribution is -2.11. The largest absolute Gasteiger partial charge is 0.416 e. The lowest BCUT2D eigenvalue weighted by atomic mass is 10.2. The number of hydrogen-bond acceptors (Lipinski definition) is 5. The molecule has 1 N–H and O–H groups in total. The number of rotatable bonds is 5. The maximum absolute atomic E-state index is 12.9. The third kappa shape index (κ3) is 5.01. The fraction of sp³-hybridized carbons (Fsp3) is 0.0909. The SMILES string of the molecule is CSc1sc(C(=O)Nc2cccc(C(F)(F)F)c2)cc1-c1nc(-c2ccc(Cl)cc2)cs1. The zero-order chi connectivity index (χ0) is 22.9. The summed E-state index contributed by atoms with van der Waals surface area (Å²) < 4.78 is 39.7. The predicted molar refractivity (Wildman–Crippen MR) is 127 cm³/mol. The monoisotopic (exact) mass is 510 g/mol. The number of thioether (sulfide) groups is 1. The van der Waals surface area contributed by atoms with E-state index in [0.29, 0.717) is 9.90 Å². The van der Waals surface area contributed by atoms with Crippen LogP contribution in [-0.4, -0.2) is 17.1 Å². The molecule has 0 fully saturated rings. The van der Waals surface area contributed by atoms with Gasteiger partial charge < -0.3 is 5.32 Å². The minimum atomic E-state index is -4.48. The van der Waals surface area contributed by atoms with Crippen LogP contribution >= 0.6 is 46.0 Å². The Balaban J connectivity index is 1.59. The zero-order valence-electron chi connectivity index (χ0n) is 16.4. The highest BCUT2D eigenvalue weighted by molar-refractivity contribution is 8.00. The molecule has 0 saturated heterocycles. The Morgan fingerprint density at radius 3 is 2.56 bits per heavy atom. The summed E-state index contributed by atoms with van der Waals surface area (Å²) in [5.41, 5.74) is 1.83. The Labute approximate surface area is 199 Å². The summed E-state index contributed by atoms with van der Waals surface area (Å²) in [5.74, 6) is -0.467. The second-order valence-corrected chi connectivity index (χ2v) is 10.0. The number of nitrogens with one attached hydrogen (secondary N) is 1. The molecule has 32 heavy (non-hydrogen) atoms. The van der Waals surface area contributed by atoms with Crippen LogP contribution < -0.4 is 5.32 Å². The van der Waals surface area contributed by atoms with Crippen LogP contribution in [0, 0.1) is 0 Å². The minimum absolute atomic E-state index is 0.0877. The van der Waals surface area contributed by atoms with E-state index >= 15 is 0 Å². The van der Waals surface area contributed by atoms with Gasteiger partial charge in [0.25, 0.3) is 5.91 Å². The summed E-state index contributed by atoms with van der Waals surface area (Å²) in [7, 11) is 0. The summed E-state index contributed by atoms with van der Waals surface area (Å²) >= 11 is 10.2. The van der Waals surface area contributed by atoms with Crippen molar-refractivity contribution in [1.29, 1.82) is 0 Å². The van der Waals surface area contributed by atoms with Gasteiger partial charge in [-0.15, -0.1) is 34.4 Å². The zero-order valence-corrected chi connectivity index (χ0v) is 19.6. The van der Waals surface area contributed by atoms with Crippen LogP contribution in [0.4, 0.5) is 18.9 Å². The van der Waals surface area contributed by atoms with Gasteiger partial charge in [0.15, 0.2) is 0 Å². The average molecular weight is 511 g/mol. The van der Waals surface area contributed by atoms with E-state index in [0.717, 1.165) is 38.2 Å². The first-order chi connectivity index (χ1) is 15.2. The second kappa shape index (κ2) is 9.27. The first-order valence-electron chi connectivity index (χ1n) is 9.13. The van der Waals surface area contributed by atoms with E-state index in [1.807, 2.05) is 23.8 Å². The van der Waals surface area contributed by atoms with E-state index in [1.165, 1.54) is 46.6 Å². The molecule has 0 unspecified atom stereocenters. The molecule has 0 aliphatic heterocycles. The first kappa shape index (κ1) is 22.8. The van der Waals surface area contributed by atoms with Gasteiger partial charge in [-0.25, -0.2) is 4.98 Å². The number of anilines is 1. The number of nitrogens with zero attached hydrogens (tertiary/aromatic N) is 1. The molecule has 0 saturated carbocycles. The number of carbonyl (C=O) groups is 1. The van der Waals surface area contributed by atoms with Crippen LogP contribution in [0.15, 0.2) is 64.2 Å². The van der Waals surface area contributed by atoms with E-state index in [2.05, 4.69) is 5.32 Å². The molecule has 2 heterocycles. The average Bonchev–Trinajstić information content (AvgIpc) is 3.41. The summed E-state index contributed by atoms with van der Waals surface area (Å²) in [6.45, 7) is 0. The first-order valence-corrected chi connectivity index (χ1v) is 12.4. The van der Waals surface area contributed by atoms with E-state index < -0.39 is 17.6 Å². The maximum Gasteiger partial charge on any atom is 0.416 e. The van der Waals surface area contributed by atoms with Crippen LogP contribution in [0.25, 0.3) is 21.8 Å². The summed E-state index contributed by atoms with van der Waals surface area (Å²) in [6, 6.07) is 13.7. The molecule has 0 bridgehead atoms. The molecule has 0 atom stereocenters. The van der Waals surface area contributed by atoms with Gasteiger partial charge in [-0.05, 0) is 42.7 Å². The fourth-order valence-electron chi connectivity index (χ4n) is 2.90. The fourth-order valence-corrected chi connectivity index (χ4v) is 5.77. The van der Waals surface area contributed by atoms with Gasteiger partial charge in [0.1, 0.15) is 5.01 Å². The Bertz CT molecular complexity index is 1270. The van der Waals surface area contributed by atoms with Crippen molar-refractivity contribution in [2.24, 2.45) is 0 Å². The van der Waals surface area contributed by atoms with Gasteiger partial charge in [0.05, 0.1) is 20.3 Å². The van der Waals surface area contributed by atoms with Crippen molar-refractivity contribution in [3.05, 3.63) is 75.4 Å². The van der Waals surface area contributed by atoms with E-state index in [9.17, 15) is 18.0 Å². The van der Waals surface area contributed by atoms with E-state index in [1.54, 1.807) is 18.2 Å². The Morgan fingerprint density at radius 1 is 1.12 bits per heavy atom. The predicted octanol–water partition coefficient (Wildman–Crippen LogP) is 8.19. The van der Waals surface area contributed by atoms with Crippen molar-refractivity contribution < 1.29 is 18.0 Å². The third-order valence-electron chi connectivity index (χ3n) is 4.43. The molecule has 0 aliphatic rings. The number of carbonyl (C=O) groups excluding carboxylic acids is 1. The summed E-state index contributed by atoms with van der Waals surface area (Å²) in [4.78, 5) is 17.8. The standard InChI is InChI=1S/C22H14ClF3N2OS3/c1-30-21-16(20-28-17(11-31-20)12-5-7-14(23)8-6-12)10-18(32-21)19(29)27-15-4-2-3-13(9-15)22(24,25)26/h2-11H,1H3,(H,27,29).